The first-order valence-corrected chi connectivity index (χ1v) is 22.5. The summed E-state index contributed by atoms with van der Waals surface area (Å²) < 4.78 is 17.2. The van der Waals surface area contributed by atoms with Crippen molar-refractivity contribution in [2.24, 2.45) is 0 Å². The van der Waals surface area contributed by atoms with Gasteiger partial charge in [0, 0.05) is 19.4 Å². The van der Waals surface area contributed by atoms with Crippen molar-refractivity contribution < 1.29 is 23.8 Å². The molecule has 0 aliphatic rings. The second-order valence-electron chi connectivity index (χ2n) is 14.6. The van der Waals surface area contributed by atoms with Gasteiger partial charge < -0.3 is 14.2 Å². The normalized spacial score (nSPS) is 12.9. The van der Waals surface area contributed by atoms with E-state index in [1.165, 1.54) is 96.3 Å². The number of hydrogen-bond acceptors (Lipinski definition) is 5. The first-order valence-electron chi connectivity index (χ1n) is 22.5. The summed E-state index contributed by atoms with van der Waals surface area (Å²) in [4.78, 5) is 25.1. The van der Waals surface area contributed by atoms with Gasteiger partial charge in [-0.15, -0.1) is 0 Å². The van der Waals surface area contributed by atoms with Crippen molar-refractivity contribution in [3.05, 3.63) is 72.9 Å². The van der Waals surface area contributed by atoms with Crippen molar-refractivity contribution in [3.63, 3.8) is 0 Å². The fraction of sp³-hybridized carbons (Fsp3) is 0.714. The zero-order valence-corrected chi connectivity index (χ0v) is 35.5. The monoisotopic (exact) mass is 753 g/mol. The third kappa shape index (κ3) is 42.1. The van der Waals surface area contributed by atoms with Crippen LogP contribution in [0, 0.1) is 0 Å². The summed E-state index contributed by atoms with van der Waals surface area (Å²) in [5.41, 5.74) is 0. The Morgan fingerprint density at radius 3 is 1.30 bits per heavy atom. The number of unbranched alkanes of at least 4 members (excludes halogenated alkanes) is 17. The number of carbonyl (C=O) groups is 2. The van der Waals surface area contributed by atoms with Gasteiger partial charge in [0.15, 0.2) is 6.10 Å². The topological polar surface area (TPSA) is 61.8 Å². The van der Waals surface area contributed by atoms with Crippen LogP contribution in [-0.2, 0) is 23.8 Å². The van der Waals surface area contributed by atoms with Crippen LogP contribution in [0.5, 0.6) is 0 Å². The van der Waals surface area contributed by atoms with E-state index in [9.17, 15) is 9.59 Å². The zero-order chi connectivity index (χ0) is 39.3. The van der Waals surface area contributed by atoms with Gasteiger partial charge in [-0.2, -0.15) is 0 Å². The Kier molecular flexibility index (Phi) is 42.5. The highest BCUT2D eigenvalue weighted by atomic mass is 16.6. The maximum Gasteiger partial charge on any atom is 0.306 e. The minimum absolute atomic E-state index is 0.0456. The molecule has 0 rings (SSSR count). The summed E-state index contributed by atoms with van der Waals surface area (Å²) in [6.45, 7) is 7.61. The number of esters is 2. The summed E-state index contributed by atoms with van der Waals surface area (Å²) in [7, 11) is 0. The molecule has 0 spiro atoms. The first kappa shape index (κ1) is 51.3. The highest BCUT2D eigenvalue weighted by molar-refractivity contribution is 5.70. The van der Waals surface area contributed by atoms with Crippen LogP contribution < -0.4 is 0 Å². The predicted octanol–water partition coefficient (Wildman–Crippen LogP) is 14.8. The molecule has 0 aromatic heterocycles. The molecule has 0 aliphatic carbocycles. The summed E-state index contributed by atoms with van der Waals surface area (Å²) in [6, 6.07) is 0. The van der Waals surface area contributed by atoms with Gasteiger partial charge in [-0.25, -0.2) is 0 Å². The molecule has 5 nitrogen and oxygen atoms in total. The van der Waals surface area contributed by atoms with Gasteiger partial charge in [-0.05, 0) is 57.8 Å². The second kappa shape index (κ2) is 44.7. The van der Waals surface area contributed by atoms with E-state index in [1.54, 1.807) is 0 Å². The Labute approximate surface area is 334 Å². The molecule has 0 fully saturated rings. The van der Waals surface area contributed by atoms with Crippen molar-refractivity contribution in [3.8, 4) is 0 Å². The van der Waals surface area contributed by atoms with Gasteiger partial charge in [0.1, 0.15) is 6.61 Å². The SMILES string of the molecule is CC/C=C\C/C=C\C/C=C\C/C=C\C/C=C\C/C=C\CCC(=O)OCC(COCCCCCCCCCC)OC(=O)CCCCCCCCCCCCC. The van der Waals surface area contributed by atoms with Gasteiger partial charge in [0.25, 0.3) is 0 Å². The van der Waals surface area contributed by atoms with Crippen molar-refractivity contribution in [1.82, 2.24) is 0 Å². The van der Waals surface area contributed by atoms with Crippen LogP contribution in [0.25, 0.3) is 0 Å². The Bertz CT molecular complexity index is 988. The smallest absolute Gasteiger partial charge is 0.306 e. The molecular formula is C49H84O5. The van der Waals surface area contributed by atoms with Crippen LogP contribution in [0.2, 0.25) is 0 Å². The van der Waals surface area contributed by atoms with Gasteiger partial charge in [-0.1, -0.05) is 203 Å². The van der Waals surface area contributed by atoms with Crippen molar-refractivity contribution in [2.75, 3.05) is 19.8 Å². The second-order valence-corrected chi connectivity index (χ2v) is 14.6. The molecule has 1 unspecified atom stereocenters. The maximum atomic E-state index is 12.7. The molecule has 5 heteroatoms. The molecule has 54 heavy (non-hydrogen) atoms. The molecule has 0 aromatic rings. The molecule has 0 N–H and O–H groups in total. The van der Waals surface area contributed by atoms with Crippen molar-refractivity contribution >= 4 is 11.9 Å². The van der Waals surface area contributed by atoms with Crippen LogP contribution >= 0.6 is 0 Å². The van der Waals surface area contributed by atoms with E-state index in [1.807, 2.05) is 6.08 Å². The number of ether oxygens (including phenoxy) is 3. The molecule has 0 radical (unpaired) electrons. The summed E-state index contributed by atoms with van der Waals surface area (Å²) in [5.74, 6) is -0.496. The highest BCUT2D eigenvalue weighted by Gasteiger charge is 2.17. The summed E-state index contributed by atoms with van der Waals surface area (Å²) >= 11 is 0. The lowest BCUT2D eigenvalue weighted by atomic mass is 10.1. The fourth-order valence-electron chi connectivity index (χ4n) is 5.95. The van der Waals surface area contributed by atoms with Crippen LogP contribution in [0.1, 0.15) is 201 Å². The third-order valence-electron chi connectivity index (χ3n) is 9.27. The highest BCUT2D eigenvalue weighted by Crippen LogP contribution is 2.13. The summed E-state index contributed by atoms with van der Waals surface area (Å²) in [6.07, 6.45) is 56.3. The lowest BCUT2D eigenvalue weighted by Crippen LogP contribution is -2.30. The molecule has 0 saturated heterocycles. The Morgan fingerprint density at radius 2 is 0.833 bits per heavy atom. The Balaban J connectivity index is 4.30. The third-order valence-corrected chi connectivity index (χ3v) is 9.27. The van der Waals surface area contributed by atoms with Gasteiger partial charge in [0.2, 0.25) is 0 Å². The lowest BCUT2D eigenvalue weighted by Gasteiger charge is -2.18. The zero-order valence-electron chi connectivity index (χ0n) is 35.5. The molecule has 0 saturated carbocycles. The van der Waals surface area contributed by atoms with Crippen LogP contribution in [0.15, 0.2) is 72.9 Å². The fourth-order valence-corrected chi connectivity index (χ4v) is 5.95. The van der Waals surface area contributed by atoms with Gasteiger partial charge in [-0.3, -0.25) is 9.59 Å². The molecule has 0 heterocycles. The number of hydrogen-bond donors (Lipinski definition) is 0. The van der Waals surface area contributed by atoms with E-state index < -0.39 is 6.10 Å². The largest absolute Gasteiger partial charge is 0.462 e. The van der Waals surface area contributed by atoms with Crippen LogP contribution in [0.4, 0.5) is 0 Å². The minimum atomic E-state index is -0.561. The molecule has 0 bridgehead atoms. The number of carbonyl (C=O) groups excluding carboxylic acids is 2. The molecule has 310 valence electrons. The van der Waals surface area contributed by atoms with E-state index in [-0.39, 0.29) is 25.2 Å². The Hall–Kier alpha value is -2.66. The van der Waals surface area contributed by atoms with Crippen LogP contribution in [0.3, 0.4) is 0 Å². The van der Waals surface area contributed by atoms with E-state index >= 15 is 0 Å². The predicted molar refractivity (Wildman–Crippen MR) is 233 cm³/mol. The average Bonchev–Trinajstić information content (AvgIpc) is 3.17. The molecule has 0 aliphatic heterocycles. The minimum Gasteiger partial charge on any atom is -0.462 e. The van der Waals surface area contributed by atoms with E-state index in [2.05, 4.69) is 87.6 Å². The molecule has 1 atom stereocenters. The van der Waals surface area contributed by atoms with E-state index in [0.717, 1.165) is 64.2 Å². The van der Waals surface area contributed by atoms with E-state index in [4.69, 9.17) is 14.2 Å². The maximum absolute atomic E-state index is 12.7. The number of allylic oxidation sites excluding steroid dienone is 12. The number of rotatable bonds is 40. The lowest BCUT2D eigenvalue weighted by molar-refractivity contribution is -0.162. The van der Waals surface area contributed by atoms with Crippen molar-refractivity contribution in [1.29, 1.82) is 0 Å². The first-order chi connectivity index (χ1) is 26.6. The molecule has 0 aromatic carbocycles. The summed E-state index contributed by atoms with van der Waals surface area (Å²) in [5, 5.41) is 0. The standard InChI is InChI=1S/C49H84O5/c1-4-7-10-13-16-19-21-22-23-24-25-26-27-28-30-31-33-36-39-42-48(50)53-46-47(45-52-44-41-38-35-18-15-12-9-6-3)54-49(51)43-40-37-34-32-29-20-17-14-11-8-5-2/h7,10,16,19,22-23,25-26,28,30,33,36,47H,4-6,8-9,11-15,17-18,20-21,24,27,29,31-32,34-35,37-46H2,1-3H3/b10-7-,19-16-,23-22-,26-25-,30-28-,36-33-. The van der Waals surface area contributed by atoms with E-state index in [0.29, 0.717) is 25.9 Å². The Morgan fingerprint density at radius 1 is 0.426 bits per heavy atom. The van der Waals surface area contributed by atoms with Gasteiger partial charge >= 0.3 is 11.9 Å². The van der Waals surface area contributed by atoms with Crippen molar-refractivity contribution in [2.45, 2.75) is 207 Å². The van der Waals surface area contributed by atoms with Gasteiger partial charge in [0.05, 0.1) is 6.61 Å². The molecular weight excluding hydrogens is 669 g/mol. The molecule has 0 amide bonds. The quantitative estimate of drug-likeness (QED) is 0.0354. The average molecular weight is 753 g/mol. The van der Waals surface area contributed by atoms with Crippen LogP contribution in [-0.4, -0.2) is 37.9 Å².